The van der Waals surface area contributed by atoms with Gasteiger partial charge in [-0.05, 0) is 109 Å². The van der Waals surface area contributed by atoms with Gasteiger partial charge in [-0.1, -0.05) is 26.0 Å². The third kappa shape index (κ3) is 9.49. The summed E-state index contributed by atoms with van der Waals surface area (Å²) in [6.45, 7) is 19.4. The zero-order valence-electron chi connectivity index (χ0n) is 24.5. The summed E-state index contributed by atoms with van der Waals surface area (Å²) in [7, 11) is -2.26. The van der Waals surface area contributed by atoms with Crippen LogP contribution in [0.5, 0.6) is 5.75 Å². The number of hydrogen-bond acceptors (Lipinski definition) is 6. The molecule has 0 aromatic heterocycles. The molecule has 1 aromatic rings. The van der Waals surface area contributed by atoms with Gasteiger partial charge in [0.15, 0.2) is 8.32 Å². The van der Waals surface area contributed by atoms with Gasteiger partial charge in [-0.15, -0.1) is 0 Å². The van der Waals surface area contributed by atoms with Gasteiger partial charge in [0.25, 0.3) is 0 Å². The summed E-state index contributed by atoms with van der Waals surface area (Å²) in [5.74, 6) is 0.786. The highest BCUT2D eigenvalue weighted by atomic mass is 28.4. The molecule has 7 nitrogen and oxygen atoms in total. The monoisotopic (exact) mass is 533 g/mol. The molecule has 1 N–H and O–H groups in total. The molecule has 37 heavy (non-hydrogen) atoms. The molecule has 0 fully saturated rings. The number of ether oxygens (including phenoxy) is 3. The molecule has 0 saturated heterocycles. The molecule has 2 rings (SSSR count). The first-order valence-electron chi connectivity index (χ1n) is 13.2. The predicted octanol–water partition coefficient (Wildman–Crippen LogP) is 7.33. The van der Waals surface area contributed by atoms with Crippen LogP contribution in [0.3, 0.4) is 0 Å². The number of nitrogens with zero attached hydrogens (tertiary/aromatic N) is 1. The van der Waals surface area contributed by atoms with Crippen molar-refractivity contribution in [1.82, 2.24) is 4.90 Å². The van der Waals surface area contributed by atoms with Gasteiger partial charge < -0.3 is 19.0 Å². The first kappa shape index (κ1) is 30.9. The van der Waals surface area contributed by atoms with Crippen molar-refractivity contribution in [2.24, 2.45) is 0 Å². The molecule has 1 aliphatic rings. The Bertz CT molecular complexity index is 967. The molecule has 208 valence electrons. The molecule has 1 aromatic carbocycles. The smallest absolute Gasteiger partial charge is 0.420 e. The van der Waals surface area contributed by atoms with Gasteiger partial charge in [-0.2, -0.15) is 0 Å². The van der Waals surface area contributed by atoms with E-state index >= 15 is 0 Å². The van der Waals surface area contributed by atoms with Crippen molar-refractivity contribution in [2.45, 2.75) is 110 Å². The average molecular weight is 534 g/mol. The summed E-state index contributed by atoms with van der Waals surface area (Å²) < 4.78 is 17.2. The largest absolute Gasteiger partial charge is 0.493 e. The molecule has 0 saturated carbocycles. The van der Waals surface area contributed by atoms with Crippen LogP contribution < -0.4 is 4.74 Å². The van der Waals surface area contributed by atoms with Gasteiger partial charge in [0.2, 0.25) is 0 Å². The number of carbonyl (C=O) groups excluding carboxylic acids is 2. The van der Waals surface area contributed by atoms with Crippen LogP contribution >= 0.6 is 0 Å². The number of hydrogen-bond donors (Lipinski definition) is 1. The lowest BCUT2D eigenvalue weighted by Crippen LogP contribution is -2.44. The van der Waals surface area contributed by atoms with Gasteiger partial charge in [0.1, 0.15) is 17.0 Å². The average Bonchev–Trinajstić information content (AvgIpc) is 2.71. The molecule has 0 radical (unpaired) electrons. The minimum Gasteiger partial charge on any atom is -0.493 e. The zero-order valence-corrected chi connectivity index (χ0v) is 25.5. The lowest BCUT2D eigenvalue weighted by atomic mass is 9.91. The Morgan fingerprint density at radius 1 is 0.946 bits per heavy atom. The maximum Gasteiger partial charge on any atom is 0.420 e. The molecule has 0 spiro atoms. The Balaban J connectivity index is 2.21. The highest BCUT2D eigenvalue weighted by molar-refractivity contribution is 6.72. The fraction of sp³-hybridized carbons (Fsp3) is 0.655. The van der Waals surface area contributed by atoms with Crippen LogP contribution in [0, 0.1) is 0 Å². The predicted molar refractivity (Wildman–Crippen MR) is 150 cm³/mol. The Hall–Kier alpha value is -2.32. The third-order valence-corrected chi connectivity index (χ3v) is 10.2. The molecule has 0 heterocycles. The Labute approximate surface area is 224 Å². The van der Waals surface area contributed by atoms with Crippen LogP contribution in [-0.4, -0.2) is 54.6 Å². The molecule has 0 atom stereocenters. The van der Waals surface area contributed by atoms with Gasteiger partial charge in [0, 0.05) is 5.56 Å². The van der Waals surface area contributed by atoms with Crippen LogP contribution in [0.4, 0.5) is 9.59 Å². The van der Waals surface area contributed by atoms with Crippen LogP contribution in [-0.2, 0) is 15.9 Å². The second kappa shape index (κ2) is 11.6. The van der Waals surface area contributed by atoms with Gasteiger partial charge >= 0.3 is 12.2 Å². The number of rotatable bonds is 8. The highest BCUT2D eigenvalue weighted by Gasteiger charge is 2.37. The molecule has 0 bridgehead atoms. The first-order valence-corrected chi connectivity index (χ1v) is 16.1. The molecule has 1 aliphatic carbocycles. The van der Waals surface area contributed by atoms with Crippen LogP contribution in [0.15, 0.2) is 23.8 Å². The van der Waals surface area contributed by atoms with Crippen molar-refractivity contribution >= 4 is 26.6 Å². The second-order valence-corrected chi connectivity index (χ2v) is 17.5. The second-order valence-electron chi connectivity index (χ2n) is 13.1. The fourth-order valence-corrected chi connectivity index (χ4v) is 4.62. The highest BCUT2D eigenvalue weighted by Crippen LogP contribution is 2.40. The minimum absolute atomic E-state index is 0.0853. The van der Waals surface area contributed by atoms with Crippen LogP contribution in [0.1, 0.15) is 85.8 Å². The van der Waals surface area contributed by atoms with E-state index in [4.69, 9.17) is 14.2 Å². The summed E-state index contributed by atoms with van der Waals surface area (Å²) in [5, 5.41) is -0.0909. The minimum atomic E-state index is -2.26. The van der Waals surface area contributed by atoms with Gasteiger partial charge in [-0.3, -0.25) is 0 Å². The molecule has 0 unspecified atom stereocenters. The first-order chi connectivity index (χ1) is 16.8. The number of fused-ring (bicyclic) bond motifs is 1. The van der Waals surface area contributed by atoms with E-state index in [2.05, 4.69) is 19.9 Å². The fourth-order valence-electron chi connectivity index (χ4n) is 3.84. The van der Waals surface area contributed by atoms with Crippen molar-refractivity contribution in [3.8, 4) is 5.75 Å². The van der Waals surface area contributed by atoms with Crippen molar-refractivity contribution < 1.29 is 28.6 Å². The molecule has 8 heteroatoms. The van der Waals surface area contributed by atoms with E-state index in [1.807, 2.05) is 31.3 Å². The molecule has 2 amide bonds. The number of carbonyl (C=O) groups is 2. The topological polar surface area (TPSA) is 85.3 Å². The zero-order chi connectivity index (χ0) is 28.2. The lowest BCUT2D eigenvalue weighted by molar-refractivity contribution is 0.00315. The van der Waals surface area contributed by atoms with E-state index in [1.54, 1.807) is 41.5 Å². The number of benzene rings is 1. The summed E-state index contributed by atoms with van der Waals surface area (Å²) in [4.78, 5) is 37.5. The number of amides is 2. The summed E-state index contributed by atoms with van der Waals surface area (Å²) in [5.41, 5.74) is 1.59. The number of aryl methyl sites for hydroxylation is 1. The van der Waals surface area contributed by atoms with E-state index in [1.165, 1.54) is 5.56 Å². The van der Waals surface area contributed by atoms with Crippen molar-refractivity contribution in [3.63, 3.8) is 0 Å². The molecular weight excluding hydrogens is 486 g/mol. The van der Waals surface area contributed by atoms with Crippen molar-refractivity contribution in [3.05, 3.63) is 34.9 Å². The summed E-state index contributed by atoms with van der Waals surface area (Å²) in [6, 6.07) is 6.03. The summed E-state index contributed by atoms with van der Waals surface area (Å²) >= 11 is 0. The van der Waals surface area contributed by atoms with Crippen LogP contribution in [0.25, 0.3) is 6.08 Å². The Morgan fingerprint density at radius 3 is 2.03 bits per heavy atom. The van der Waals surface area contributed by atoms with Gasteiger partial charge in [-0.25, -0.2) is 14.5 Å². The normalized spacial score (nSPS) is 14.4. The third-order valence-electron chi connectivity index (χ3n) is 6.67. The number of imide groups is 1. The Kier molecular flexibility index (Phi) is 9.69. The maximum atomic E-state index is 12.9. The van der Waals surface area contributed by atoms with E-state index in [0.29, 0.717) is 13.0 Å². The van der Waals surface area contributed by atoms with E-state index in [9.17, 15) is 14.4 Å². The Morgan fingerprint density at radius 2 is 1.51 bits per heavy atom. The van der Waals surface area contributed by atoms with Crippen molar-refractivity contribution in [2.75, 3.05) is 13.2 Å². The standard InChI is InChI=1S/C29H47NO6Si/c1-27(2,3)35-25(31)30(26(32)36-28(4,5)6)20-21-15-16-22-13-11-14-24(23(22)19-21)34-18-12-17-29(7,8)37(9,10)33/h11,13-14,19,33H,12,15-18,20H2,1-10H3. The molecule has 0 aliphatic heterocycles. The SMILES string of the molecule is CC(C)(C)OC(=O)N(CC1=Cc2c(cccc2OCCCC(C)(C)[Si](C)(C)O)CC1)C(=O)OC(C)(C)C. The van der Waals surface area contributed by atoms with E-state index < -0.39 is 31.7 Å². The van der Waals surface area contributed by atoms with Gasteiger partial charge in [0.05, 0.1) is 13.2 Å². The van der Waals surface area contributed by atoms with E-state index in [-0.39, 0.29) is 11.6 Å². The van der Waals surface area contributed by atoms with Crippen LogP contribution in [0.2, 0.25) is 18.1 Å². The maximum absolute atomic E-state index is 12.9. The van der Waals surface area contributed by atoms with Crippen molar-refractivity contribution in [1.29, 1.82) is 0 Å². The van der Waals surface area contributed by atoms with E-state index in [0.717, 1.165) is 41.0 Å². The summed E-state index contributed by atoms with van der Waals surface area (Å²) in [6.07, 6.45) is 3.79. The quantitative estimate of drug-likeness (QED) is 0.278. The lowest BCUT2D eigenvalue weighted by Gasteiger charge is -2.35. The molecular formula is C29H47NO6Si.